The minimum absolute atomic E-state index is 0.0826. The van der Waals surface area contributed by atoms with Crippen LogP contribution >= 0.6 is 11.3 Å². The molecule has 29 heavy (non-hydrogen) atoms. The van der Waals surface area contributed by atoms with E-state index in [1.807, 2.05) is 60.8 Å². The summed E-state index contributed by atoms with van der Waals surface area (Å²) >= 11 is 1.47. The molecule has 1 N–H and O–H groups in total. The molecule has 0 fully saturated rings. The number of rotatable bonds is 6. The normalized spacial score (nSPS) is 10.7. The van der Waals surface area contributed by atoms with Gasteiger partial charge >= 0.3 is 0 Å². The fraction of sp³-hybridized carbons (Fsp3) is 0.136. The summed E-state index contributed by atoms with van der Waals surface area (Å²) < 4.78 is 7.16. The fourth-order valence-corrected chi connectivity index (χ4v) is 3.59. The monoisotopic (exact) mass is 404 g/mol. The summed E-state index contributed by atoms with van der Waals surface area (Å²) in [4.78, 5) is 17.0. The molecule has 0 aliphatic heterocycles. The summed E-state index contributed by atoms with van der Waals surface area (Å²) in [6, 6.07) is 19.3. The maximum absolute atomic E-state index is 12.3. The average molecular weight is 404 g/mol. The lowest BCUT2D eigenvalue weighted by molar-refractivity contribution is -0.118. The van der Waals surface area contributed by atoms with E-state index in [0.29, 0.717) is 16.7 Å². The Morgan fingerprint density at radius 1 is 1.10 bits per heavy atom. The Bertz CT molecular complexity index is 1120. The highest BCUT2D eigenvalue weighted by Crippen LogP contribution is 2.26. The Morgan fingerprint density at radius 3 is 2.62 bits per heavy atom. The number of ether oxygens (including phenoxy) is 1. The zero-order chi connectivity index (χ0) is 20.2. The summed E-state index contributed by atoms with van der Waals surface area (Å²) in [6.45, 7) is 3.85. The third kappa shape index (κ3) is 4.52. The van der Waals surface area contributed by atoms with Gasteiger partial charge in [0.15, 0.2) is 6.61 Å². The van der Waals surface area contributed by atoms with Gasteiger partial charge in [0.05, 0.1) is 11.4 Å². The number of hydrogen-bond donors (Lipinski definition) is 1. The third-order valence-electron chi connectivity index (χ3n) is 4.23. The highest BCUT2D eigenvalue weighted by molar-refractivity contribution is 7.12. The molecule has 1 amide bonds. The number of thiazole rings is 1. The predicted octanol–water partition coefficient (Wildman–Crippen LogP) is 4.63. The molecule has 0 aliphatic carbocycles. The topological polar surface area (TPSA) is 69.0 Å². The van der Waals surface area contributed by atoms with E-state index in [-0.39, 0.29) is 12.5 Å². The minimum Gasteiger partial charge on any atom is -0.484 e. The van der Waals surface area contributed by atoms with Crippen molar-refractivity contribution in [2.24, 2.45) is 0 Å². The van der Waals surface area contributed by atoms with Crippen LogP contribution < -0.4 is 10.1 Å². The molecule has 0 radical (unpaired) electrons. The second-order valence-electron chi connectivity index (χ2n) is 6.61. The highest BCUT2D eigenvalue weighted by Gasteiger charge is 2.15. The molecule has 2 aromatic carbocycles. The van der Waals surface area contributed by atoms with E-state index in [4.69, 9.17) is 9.72 Å². The molecule has 0 unspecified atom stereocenters. The molecule has 4 rings (SSSR count). The van der Waals surface area contributed by atoms with Crippen LogP contribution in [0.25, 0.3) is 16.4 Å². The average Bonchev–Trinajstić information content (AvgIpc) is 3.34. The molecule has 7 heteroatoms. The number of amides is 1. The van der Waals surface area contributed by atoms with Crippen LogP contribution in [0.5, 0.6) is 5.75 Å². The van der Waals surface area contributed by atoms with Crippen LogP contribution in [-0.2, 0) is 4.79 Å². The van der Waals surface area contributed by atoms with Gasteiger partial charge in [0.2, 0.25) is 5.13 Å². The number of nitrogens with one attached hydrogen (secondary N) is 1. The number of carbonyl (C=O) groups is 1. The van der Waals surface area contributed by atoms with Crippen molar-refractivity contribution in [3.05, 3.63) is 77.3 Å². The van der Waals surface area contributed by atoms with Crippen LogP contribution in [0.2, 0.25) is 0 Å². The molecular weight excluding hydrogens is 384 g/mol. The van der Waals surface area contributed by atoms with Crippen molar-refractivity contribution in [3.8, 4) is 22.1 Å². The molecule has 6 nitrogen and oxygen atoms in total. The van der Waals surface area contributed by atoms with E-state index in [1.165, 1.54) is 16.9 Å². The van der Waals surface area contributed by atoms with Gasteiger partial charge in [0.25, 0.3) is 5.91 Å². The van der Waals surface area contributed by atoms with Crippen molar-refractivity contribution in [2.45, 2.75) is 13.8 Å². The number of carbonyl (C=O) groups excluding carboxylic acids is 1. The van der Waals surface area contributed by atoms with E-state index >= 15 is 0 Å². The lowest BCUT2D eigenvalue weighted by Crippen LogP contribution is -2.21. The lowest BCUT2D eigenvalue weighted by atomic mass is 10.1. The van der Waals surface area contributed by atoms with Gasteiger partial charge in [-0.15, -0.1) is 11.3 Å². The molecular formula is C22H20N4O2S. The van der Waals surface area contributed by atoms with Crippen molar-refractivity contribution < 1.29 is 9.53 Å². The fourth-order valence-electron chi connectivity index (χ4n) is 2.80. The van der Waals surface area contributed by atoms with Crippen molar-refractivity contribution in [2.75, 3.05) is 11.9 Å². The SMILES string of the molecule is Cc1ccc(-c2csc(-n3nc(C)cc3NC(=O)COc3ccccc3)n2)cc1. The molecule has 0 aliphatic rings. The first-order chi connectivity index (χ1) is 14.1. The molecule has 4 aromatic rings. The van der Waals surface area contributed by atoms with Gasteiger partial charge in [-0.3, -0.25) is 4.79 Å². The second-order valence-corrected chi connectivity index (χ2v) is 7.45. The Kier molecular flexibility index (Phi) is 5.39. The first kappa shape index (κ1) is 18.9. The standard InChI is InChI=1S/C22H20N4O2S/c1-15-8-10-17(11-9-15)19-14-29-22(23-19)26-20(12-16(2)25-26)24-21(27)13-28-18-6-4-3-5-7-18/h3-12,14H,13H2,1-2H3,(H,24,27). The predicted molar refractivity (Wildman–Crippen MR) is 115 cm³/mol. The van der Waals surface area contributed by atoms with Gasteiger partial charge < -0.3 is 10.1 Å². The molecule has 2 heterocycles. The van der Waals surface area contributed by atoms with Gasteiger partial charge in [-0.1, -0.05) is 48.0 Å². The van der Waals surface area contributed by atoms with Gasteiger partial charge in [0, 0.05) is 17.0 Å². The van der Waals surface area contributed by atoms with Gasteiger partial charge in [-0.25, -0.2) is 4.98 Å². The maximum atomic E-state index is 12.3. The number of aryl methyl sites for hydroxylation is 2. The minimum atomic E-state index is -0.259. The highest BCUT2D eigenvalue weighted by atomic mass is 32.1. The molecule has 0 atom stereocenters. The van der Waals surface area contributed by atoms with Gasteiger partial charge in [-0.2, -0.15) is 9.78 Å². The number of para-hydroxylation sites is 1. The lowest BCUT2D eigenvalue weighted by Gasteiger charge is -2.08. The largest absolute Gasteiger partial charge is 0.484 e. The zero-order valence-corrected chi connectivity index (χ0v) is 16.9. The summed E-state index contributed by atoms with van der Waals surface area (Å²) in [5.74, 6) is 0.953. The quantitative estimate of drug-likeness (QED) is 0.509. The van der Waals surface area contributed by atoms with Crippen LogP contribution in [0.15, 0.2) is 66.0 Å². The molecule has 0 saturated carbocycles. The third-order valence-corrected chi connectivity index (χ3v) is 5.05. The Balaban J connectivity index is 1.49. The van der Waals surface area contributed by atoms with Crippen LogP contribution in [0, 0.1) is 13.8 Å². The summed E-state index contributed by atoms with van der Waals surface area (Å²) in [6.07, 6.45) is 0. The molecule has 0 saturated heterocycles. The zero-order valence-electron chi connectivity index (χ0n) is 16.1. The van der Waals surface area contributed by atoms with Crippen molar-refractivity contribution in [1.82, 2.24) is 14.8 Å². The van der Waals surface area contributed by atoms with Crippen molar-refractivity contribution >= 4 is 23.1 Å². The number of benzene rings is 2. The summed E-state index contributed by atoms with van der Waals surface area (Å²) in [5, 5.41) is 10.0. The Hall–Kier alpha value is -3.45. The first-order valence-corrected chi connectivity index (χ1v) is 10.0. The van der Waals surface area contributed by atoms with Crippen molar-refractivity contribution in [3.63, 3.8) is 0 Å². The molecule has 0 bridgehead atoms. The van der Waals surface area contributed by atoms with Gasteiger partial charge in [-0.05, 0) is 26.0 Å². The number of anilines is 1. The Labute approximate surface area is 172 Å². The second kappa shape index (κ2) is 8.28. The van der Waals surface area contributed by atoms with Crippen molar-refractivity contribution in [1.29, 1.82) is 0 Å². The summed E-state index contributed by atoms with van der Waals surface area (Å²) in [7, 11) is 0. The number of nitrogens with zero attached hydrogens (tertiary/aromatic N) is 3. The number of hydrogen-bond acceptors (Lipinski definition) is 5. The van der Waals surface area contributed by atoms with E-state index in [1.54, 1.807) is 4.68 Å². The smallest absolute Gasteiger partial charge is 0.263 e. The van der Waals surface area contributed by atoms with E-state index in [2.05, 4.69) is 29.5 Å². The molecule has 146 valence electrons. The van der Waals surface area contributed by atoms with Crippen LogP contribution in [0.1, 0.15) is 11.3 Å². The van der Waals surface area contributed by atoms with Crippen LogP contribution in [0.3, 0.4) is 0 Å². The van der Waals surface area contributed by atoms with E-state index in [9.17, 15) is 4.79 Å². The summed E-state index contributed by atoms with van der Waals surface area (Å²) in [5.41, 5.74) is 3.91. The van der Waals surface area contributed by atoms with Crippen LogP contribution in [0.4, 0.5) is 5.82 Å². The molecule has 2 aromatic heterocycles. The Morgan fingerprint density at radius 2 is 1.86 bits per heavy atom. The maximum Gasteiger partial charge on any atom is 0.263 e. The van der Waals surface area contributed by atoms with E-state index in [0.717, 1.165) is 17.0 Å². The van der Waals surface area contributed by atoms with Gasteiger partial charge in [0.1, 0.15) is 11.6 Å². The molecule has 0 spiro atoms. The number of aromatic nitrogens is 3. The van der Waals surface area contributed by atoms with E-state index < -0.39 is 0 Å². The first-order valence-electron chi connectivity index (χ1n) is 9.16. The van der Waals surface area contributed by atoms with Crippen LogP contribution in [-0.4, -0.2) is 27.3 Å².